The summed E-state index contributed by atoms with van der Waals surface area (Å²) in [6, 6.07) is 51.9. The highest BCUT2D eigenvalue weighted by Gasteiger charge is 2.20. The number of benzene rings is 6. The molecule has 48 heavy (non-hydrogen) atoms. The number of hydrogen-bond acceptors (Lipinski definition) is 2. The number of hydrogen-bond donors (Lipinski definition) is 0. The molecule has 0 saturated carbocycles. The van der Waals surface area contributed by atoms with Gasteiger partial charge in [0.15, 0.2) is 5.82 Å². The number of allylic oxidation sites excluding steroid dienone is 1. The van der Waals surface area contributed by atoms with Gasteiger partial charge in [-0.3, -0.25) is 4.57 Å². The summed E-state index contributed by atoms with van der Waals surface area (Å²) in [4.78, 5) is 10.5. The number of aryl methyl sites for hydroxylation is 1. The Morgan fingerprint density at radius 3 is 1.90 bits per heavy atom. The van der Waals surface area contributed by atoms with Crippen LogP contribution in [-0.4, -0.2) is 19.1 Å². The van der Waals surface area contributed by atoms with Crippen molar-refractivity contribution in [1.82, 2.24) is 19.1 Å². The Balaban J connectivity index is 1.24. The van der Waals surface area contributed by atoms with E-state index in [0.717, 1.165) is 52.2 Å². The summed E-state index contributed by atoms with van der Waals surface area (Å²) in [5, 5.41) is 4.90. The molecule has 226 valence electrons. The van der Waals surface area contributed by atoms with Gasteiger partial charge in [0.05, 0.1) is 27.8 Å². The summed E-state index contributed by atoms with van der Waals surface area (Å²) in [6.45, 7) is 0. The zero-order chi connectivity index (χ0) is 31.6. The second-order valence-electron chi connectivity index (χ2n) is 12.5. The lowest BCUT2D eigenvalue weighted by molar-refractivity contribution is 0.985. The van der Waals surface area contributed by atoms with Gasteiger partial charge in [-0.2, -0.15) is 0 Å². The molecule has 4 nitrogen and oxygen atoms in total. The second-order valence-corrected chi connectivity index (χ2v) is 12.5. The van der Waals surface area contributed by atoms with Crippen LogP contribution < -0.4 is 0 Å². The number of para-hydroxylation sites is 3. The minimum absolute atomic E-state index is 0.716. The van der Waals surface area contributed by atoms with Crippen LogP contribution in [0.25, 0.3) is 83.8 Å². The van der Waals surface area contributed by atoms with Crippen molar-refractivity contribution in [3.05, 3.63) is 163 Å². The summed E-state index contributed by atoms with van der Waals surface area (Å²) in [5.74, 6) is 1.57. The van der Waals surface area contributed by atoms with Crippen molar-refractivity contribution in [2.75, 3.05) is 0 Å². The summed E-state index contributed by atoms with van der Waals surface area (Å²) in [5.41, 5.74) is 11.5. The van der Waals surface area contributed by atoms with Gasteiger partial charge in [0.25, 0.3) is 0 Å². The quantitative estimate of drug-likeness (QED) is 0.198. The Kier molecular flexibility index (Phi) is 5.97. The van der Waals surface area contributed by atoms with Crippen LogP contribution in [0.3, 0.4) is 0 Å². The third kappa shape index (κ3) is 4.09. The van der Waals surface area contributed by atoms with Crippen LogP contribution in [0.5, 0.6) is 0 Å². The average molecular weight is 615 g/mol. The molecule has 4 heteroatoms. The van der Waals surface area contributed by atoms with E-state index in [2.05, 4.69) is 161 Å². The van der Waals surface area contributed by atoms with Crippen LogP contribution in [0.2, 0.25) is 0 Å². The van der Waals surface area contributed by atoms with Gasteiger partial charge in [-0.25, -0.2) is 9.97 Å². The smallest absolute Gasteiger partial charge is 0.162 e. The second kappa shape index (κ2) is 10.6. The van der Waals surface area contributed by atoms with E-state index in [1.807, 2.05) is 6.07 Å². The van der Waals surface area contributed by atoms with Crippen molar-refractivity contribution < 1.29 is 0 Å². The molecule has 10 rings (SSSR count). The van der Waals surface area contributed by atoms with Crippen molar-refractivity contribution in [3.8, 4) is 34.2 Å². The molecule has 0 unspecified atom stereocenters. The summed E-state index contributed by atoms with van der Waals surface area (Å²) < 4.78 is 4.70. The molecule has 0 saturated heterocycles. The lowest BCUT2D eigenvalue weighted by Crippen LogP contribution is -2.04. The highest BCUT2D eigenvalue weighted by molar-refractivity contribution is 6.12. The molecule has 0 amide bonds. The van der Waals surface area contributed by atoms with Crippen LogP contribution >= 0.6 is 0 Å². The van der Waals surface area contributed by atoms with Crippen molar-refractivity contribution in [2.45, 2.75) is 12.8 Å². The third-order valence-electron chi connectivity index (χ3n) is 9.81. The Morgan fingerprint density at radius 2 is 1.15 bits per heavy atom. The molecular weight excluding hydrogens is 585 g/mol. The predicted molar refractivity (Wildman–Crippen MR) is 199 cm³/mol. The molecule has 9 aromatic rings. The number of aromatic nitrogens is 4. The van der Waals surface area contributed by atoms with Crippen LogP contribution in [0.1, 0.15) is 17.5 Å². The number of rotatable bonds is 4. The standard InChI is InChI=1S/C44H30N4/c1-2-14-30(15-3-1)44-45-38(33-21-12-16-29-13-4-5-17-32(29)33)28-43(46-44)48-41-24-11-8-20-36(41)37-27-31(25-26-42(37)48)47-39-22-9-6-18-34(39)35-19-7-10-23-40(35)47/h1-3,5-12,14-28H,4,13H2. The maximum absolute atomic E-state index is 5.27. The molecule has 0 bridgehead atoms. The fraction of sp³-hybridized carbons (Fsp3) is 0.0455. The first-order valence-corrected chi connectivity index (χ1v) is 16.6. The zero-order valence-electron chi connectivity index (χ0n) is 26.2. The number of nitrogens with zero attached hydrogens (tertiary/aromatic N) is 4. The van der Waals surface area contributed by atoms with E-state index >= 15 is 0 Å². The van der Waals surface area contributed by atoms with E-state index in [1.165, 1.54) is 43.7 Å². The Morgan fingerprint density at radius 1 is 0.500 bits per heavy atom. The van der Waals surface area contributed by atoms with Crippen LogP contribution in [-0.2, 0) is 6.42 Å². The fourth-order valence-electron chi connectivity index (χ4n) is 7.64. The summed E-state index contributed by atoms with van der Waals surface area (Å²) in [7, 11) is 0. The maximum Gasteiger partial charge on any atom is 0.162 e. The zero-order valence-corrected chi connectivity index (χ0v) is 26.2. The lowest BCUT2D eigenvalue weighted by atomic mass is 9.92. The summed E-state index contributed by atoms with van der Waals surface area (Å²) >= 11 is 0. The Bertz CT molecular complexity index is 2670. The minimum atomic E-state index is 0.716. The molecule has 0 aliphatic heterocycles. The Hall–Kier alpha value is -6.26. The average Bonchev–Trinajstić information content (AvgIpc) is 3.67. The van der Waals surface area contributed by atoms with Gasteiger partial charge in [0, 0.05) is 44.4 Å². The fourth-order valence-corrected chi connectivity index (χ4v) is 7.64. The van der Waals surface area contributed by atoms with Crippen LogP contribution in [0, 0.1) is 0 Å². The number of fused-ring (bicyclic) bond motifs is 7. The Labute approximate surface area is 277 Å². The van der Waals surface area contributed by atoms with Crippen molar-refractivity contribution >= 4 is 49.7 Å². The van der Waals surface area contributed by atoms with E-state index in [-0.39, 0.29) is 0 Å². The van der Waals surface area contributed by atoms with Gasteiger partial charge in [-0.05, 0) is 60.4 Å². The van der Waals surface area contributed by atoms with Gasteiger partial charge >= 0.3 is 0 Å². The normalized spacial score (nSPS) is 12.8. The van der Waals surface area contributed by atoms with Gasteiger partial charge in [0.2, 0.25) is 0 Å². The molecule has 0 radical (unpaired) electrons. The SMILES string of the molecule is C1=Cc2c(cccc2-c2cc(-n3c4ccccc4c4cc(-n5c6ccccc6c6ccccc65)ccc43)nc(-c3ccccc3)n2)CC1. The van der Waals surface area contributed by atoms with Gasteiger partial charge < -0.3 is 4.57 Å². The predicted octanol–water partition coefficient (Wildman–Crippen LogP) is 11.0. The maximum atomic E-state index is 5.27. The molecule has 6 aromatic carbocycles. The molecule has 0 N–H and O–H groups in total. The third-order valence-corrected chi connectivity index (χ3v) is 9.81. The van der Waals surface area contributed by atoms with Crippen molar-refractivity contribution in [2.24, 2.45) is 0 Å². The molecule has 3 aromatic heterocycles. The van der Waals surface area contributed by atoms with Crippen LogP contribution in [0.15, 0.2) is 152 Å². The topological polar surface area (TPSA) is 35.6 Å². The molecular formula is C44H30N4. The van der Waals surface area contributed by atoms with E-state index in [4.69, 9.17) is 9.97 Å². The van der Waals surface area contributed by atoms with Crippen LogP contribution in [0.4, 0.5) is 0 Å². The van der Waals surface area contributed by atoms with Gasteiger partial charge in [-0.15, -0.1) is 0 Å². The largest absolute Gasteiger partial charge is 0.309 e. The van der Waals surface area contributed by atoms with Gasteiger partial charge in [-0.1, -0.05) is 115 Å². The first kappa shape index (κ1) is 26.9. The highest BCUT2D eigenvalue weighted by Crippen LogP contribution is 2.38. The van der Waals surface area contributed by atoms with Crippen molar-refractivity contribution in [1.29, 1.82) is 0 Å². The molecule has 0 spiro atoms. The minimum Gasteiger partial charge on any atom is -0.309 e. The highest BCUT2D eigenvalue weighted by atomic mass is 15.1. The molecule has 1 aliphatic rings. The van der Waals surface area contributed by atoms with E-state index in [9.17, 15) is 0 Å². The lowest BCUT2D eigenvalue weighted by Gasteiger charge is -2.17. The monoisotopic (exact) mass is 614 g/mol. The molecule has 1 aliphatic carbocycles. The first-order valence-electron chi connectivity index (χ1n) is 16.6. The molecule has 0 fully saturated rings. The van der Waals surface area contributed by atoms with E-state index in [1.54, 1.807) is 0 Å². The molecule has 0 atom stereocenters. The van der Waals surface area contributed by atoms with E-state index < -0.39 is 0 Å². The van der Waals surface area contributed by atoms with Gasteiger partial charge in [0.1, 0.15) is 5.82 Å². The summed E-state index contributed by atoms with van der Waals surface area (Å²) in [6.07, 6.45) is 6.64. The van der Waals surface area contributed by atoms with E-state index in [0.29, 0.717) is 5.82 Å². The molecule has 3 heterocycles. The van der Waals surface area contributed by atoms with Crippen molar-refractivity contribution in [3.63, 3.8) is 0 Å². The first-order chi connectivity index (χ1) is 23.8.